The maximum absolute atomic E-state index is 12.3. The number of carbonyl (C=O) groups excluding carboxylic acids is 2. The molecule has 6 nitrogen and oxygen atoms in total. The molecule has 0 unspecified atom stereocenters. The molecular weight excluding hydrogens is 341 g/mol. The SMILES string of the molecule is O=C1COc2ccc(C(=O)Nc3cccc(OC(F)(F)F)c3)cc2N1. The summed E-state index contributed by atoms with van der Waals surface area (Å²) in [4.78, 5) is 23.6. The Morgan fingerprint density at radius 1 is 1.20 bits per heavy atom. The van der Waals surface area contributed by atoms with Gasteiger partial charge in [0.05, 0.1) is 5.69 Å². The smallest absolute Gasteiger partial charge is 0.482 e. The molecule has 2 aromatic carbocycles. The molecule has 0 aromatic heterocycles. The third-order valence-corrected chi connectivity index (χ3v) is 3.20. The first kappa shape index (κ1) is 16.6. The number of amides is 2. The van der Waals surface area contributed by atoms with Gasteiger partial charge >= 0.3 is 6.36 Å². The number of benzene rings is 2. The van der Waals surface area contributed by atoms with E-state index in [9.17, 15) is 22.8 Å². The monoisotopic (exact) mass is 352 g/mol. The Labute approximate surface area is 139 Å². The van der Waals surface area contributed by atoms with Crippen LogP contribution in [0.15, 0.2) is 42.5 Å². The highest BCUT2D eigenvalue weighted by molar-refractivity contribution is 6.06. The van der Waals surface area contributed by atoms with Crippen LogP contribution in [0.5, 0.6) is 11.5 Å². The zero-order valence-corrected chi connectivity index (χ0v) is 12.5. The van der Waals surface area contributed by atoms with Gasteiger partial charge in [-0.15, -0.1) is 13.2 Å². The van der Waals surface area contributed by atoms with Gasteiger partial charge in [0.1, 0.15) is 11.5 Å². The molecule has 0 spiro atoms. The summed E-state index contributed by atoms with van der Waals surface area (Å²) in [5.41, 5.74) is 0.675. The molecule has 9 heteroatoms. The molecule has 0 saturated carbocycles. The van der Waals surface area contributed by atoms with E-state index in [0.717, 1.165) is 12.1 Å². The lowest BCUT2D eigenvalue weighted by Gasteiger charge is -2.18. The van der Waals surface area contributed by atoms with Crippen molar-refractivity contribution in [3.05, 3.63) is 48.0 Å². The van der Waals surface area contributed by atoms with E-state index >= 15 is 0 Å². The van der Waals surface area contributed by atoms with Gasteiger partial charge in [-0.3, -0.25) is 9.59 Å². The topological polar surface area (TPSA) is 76.7 Å². The molecule has 2 amide bonds. The fourth-order valence-electron chi connectivity index (χ4n) is 2.20. The zero-order chi connectivity index (χ0) is 18.0. The van der Waals surface area contributed by atoms with E-state index in [2.05, 4.69) is 15.4 Å². The number of hydrogen-bond acceptors (Lipinski definition) is 4. The number of halogens is 3. The number of fused-ring (bicyclic) bond motifs is 1. The van der Waals surface area contributed by atoms with Crippen LogP contribution in [-0.4, -0.2) is 24.8 Å². The Kier molecular flexibility index (Phi) is 4.22. The fraction of sp³-hybridized carbons (Fsp3) is 0.125. The third kappa shape index (κ3) is 4.19. The summed E-state index contributed by atoms with van der Waals surface area (Å²) in [6.07, 6.45) is -4.82. The maximum atomic E-state index is 12.3. The van der Waals surface area contributed by atoms with Gasteiger partial charge in [-0.05, 0) is 30.3 Å². The Bertz CT molecular complexity index is 836. The molecule has 25 heavy (non-hydrogen) atoms. The number of nitrogens with one attached hydrogen (secondary N) is 2. The fourth-order valence-corrected chi connectivity index (χ4v) is 2.20. The second-order valence-corrected chi connectivity index (χ2v) is 5.08. The van der Waals surface area contributed by atoms with Crippen molar-refractivity contribution in [3.63, 3.8) is 0 Å². The number of hydrogen-bond donors (Lipinski definition) is 2. The predicted octanol–water partition coefficient (Wildman–Crippen LogP) is 3.17. The van der Waals surface area contributed by atoms with Crippen LogP contribution in [0.3, 0.4) is 0 Å². The van der Waals surface area contributed by atoms with E-state index < -0.39 is 18.0 Å². The quantitative estimate of drug-likeness (QED) is 0.890. The van der Waals surface area contributed by atoms with Crippen LogP contribution in [0.4, 0.5) is 24.5 Å². The second-order valence-electron chi connectivity index (χ2n) is 5.08. The number of carbonyl (C=O) groups is 2. The molecule has 0 aliphatic carbocycles. The summed E-state index contributed by atoms with van der Waals surface area (Å²) in [6.45, 7) is -0.107. The van der Waals surface area contributed by atoms with E-state index in [4.69, 9.17) is 4.74 Å². The van der Waals surface area contributed by atoms with Gasteiger partial charge in [0, 0.05) is 17.3 Å². The van der Waals surface area contributed by atoms with Crippen LogP contribution in [0.25, 0.3) is 0 Å². The summed E-state index contributed by atoms with van der Waals surface area (Å²) in [5, 5.41) is 5.03. The standard InChI is InChI=1S/C16H11F3N2O4/c17-16(18,19)25-11-3-1-2-10(7-11)20-15(23)9-4-5-13-12(6-9)21-14(22)8-24-13/h1-7H,8H2,(H,20,23)(H,21,22). The van der Waals surface area contributed by atoms with Gasteiger partial charge in [0.25, 0.3) is 11.8 Å². The number of ether oxygens (including phenoxy) is 2. The number of alkyl halides is 3. The van der Waals surface area contributed by atoms with Crippen LogP contribution in [-0.2, 0) is 4.79 Å². The molecule has 1 heterocycles. The first-order chi connectivity index (χ1) is 11.8. The first-order valence-electron chi connectivity index (χ1n) is 7.04. The van der Waals surface area contributed by atoms with Crippen LogP contribution in [0.1, 0.15) is 10.4 Å². The minimum Gasteiger partial charge on any atom is -0.482 e. The van der Waals surface area contributed by atoms with Gasteiger partial charge in [0.2, 0.25) is 0 Å². The predicted molar refractivity (Wildman–Crippen MR) is 81.6 cm³/mol. The Hall–Kier alpha value is -3.23. The minimum atomic E-state index is -4.82. The first-order valence-corrected chi connectivity index (χ1v) is 7.04. The van der Waals surface area contributed by atoms with Crippen molar-refractivity contribution in [2.75, 3.05) is 17.2 Å². The highest BCUT2D eigenvalue weighted by Crippen LogP contribution is 2.29. The summed E-state index contributed by atoms with van der Waals surface area (Å²) >= 11 is 0. The Morgan fingerprint density at radius 3 is 2.76 bits per heavy atom. The van der Waals surface area contributed by atoms with Crippen molar-refractivity contribution in [2.24, 2.45) is 0 Å². The molecule has 0 fully saturated rings. The van der Waals surface area contributed by atoms with Crippen LogP contribution < -0.4 is 20.1 Å². The van der Waals surface area contributed by atoms with E-state index in [0.29, 0.717) is 11.4 Å². The van der Waals surface area contributed by atoms with E-state index in [1.807, 2.05) is 0 Å². The van der Waals surface area contributed by atoms with Crippen molar-refractivity contribution in [3.8, 4) is 11.5 Å². The Morgan fingerprint density at radius 2 is 2.00 bits per heavy atom. The zero-order valence-electron chi connectivity index (χ0n) is 12.5. The molecule has 0 radical (unpaired) electrons. The van der Waals surface area contributed by atoms with Crippen LogP contribution in [0.2, 0.25) is 0 Å². The van der Waals surface area contributed by atoms with Crippen molar-refractivity contribution >= 4 is 23.2 Å². The molecule has 0 bridgehead atoms. The van der Waals surface area contributed by atoms with E-state index in [1.165, 1.54) is 30.3 Å². The van der Waals surface area contributed by atoms with Crippen molar-refractivity contribution in [1.29, 1.82) is 0 Å². The molecular formula is C16H11F3N2O4. The molecule has 0 atom stereocenters. The summed E-state index contributed by atoms with van der Waals surface area (Å²) < 4.78 is 45.7. The lowest BCUT2D eigenvalue weighted by molar-refractivity contribution is -0.274. The van der Waals surface area contributed by atoms with Crippen molar-refractivity contribution in [1.82, 2.24) is 0 Å². The number of rotatable bonds is 3. The minimum absolute atomic E-state index is 0.107. The summed E-state index contributed by atoms with van der Waals surface area (Å²) in [5.74, 6) is -0.929. The van der Waals surface area contributed by atoms with Gasteiger partial charge < -0.3 is 20.1 Å². The molecule has 1 aliphatic rings. The number of anilines is 2. The second kappa shape index (κ2) is 6.34. The molecule has 0 saturated heterocycles. The molecule has 130 valence electrons. The molecule has 2 aromatic rings. The Balaban J connectivity index is 1.75. The molecule has 3 rings (SSSR count). The summed E-state index contributed by atoms with van der Waals surface area (Å²) in [7, 11) is 0. The molecule has 1 aliphatic heterocycles. The lowest BCUT2D eigenvalue weighted by atomic mass is 10.1. The lowest BCUT2D eigenvalue weighted by Crippen LogP contribution is -2.25. The highest BCUT2D eigenvalue weighted by Gasteiger charge is 2.31. The third-order valence-electron chi connectivity index (χ3n) is 3.20. The van der Waals surface area contributed by atoms with Gasteiger partial charge in [0.15, 0.2) is 6.61 Å². The highest BCUT2D eigenvalue weighted by atomic mass is 19.4. The van der Waals surface area contributed by atoms with Gasteiger partial charge in [-0.25, -0.2) is 0 Å². The largest absolute Gasteiger partial charge is 0.573 e. The summed E-state index contributed by atoms with van der Waals surface area (Å²) in [6, 6.07) is 9.32. The normalized spacial score (nSPS) is 13.3. The molecule has 2 N–H and O–H groups in total. The maximum Gasteiger partial charge on any atom is 0.573 e. The van der Waals surface area contributed by atoms with Gasteiger partial charge in [-0.1, -0.05) is 6.07 Å². The van der Waals surface area contributed by atoms with Crippen LogP contribution >= 0.6 is 0 Å². The van der Waals surface area contributed by atoms with Gasteiger partial charge in [-0.2, -0.15) is 0 Å². The van der Waals surface area contributed by atoms with Crippen molar-refractivity contribution < 1.29 is 32.2 Å². The average Bonchev–Trinajstić information content (AvgIpc) is 2.52. The average molecular weight is 352 g/mol. The van der Waals surface area contributed by atoms with Crippen LogP contribution in [0, 0.1) is 0 Å². The van der Waals surface area contributed by atoms with E-state index in [1.54, 1.807) is 0 Å². The van der Waals surface area contributed by atoms with Crippen molar-refractivity contribution in [2.45, 2.75) is 6.36 Å². The van der Waals surface area contributed by atoms with E-state index in [-0.39, 0.29) is 23.8 Å².